The summed E-state index contributed by atoms with van der Waals surface area (Å²) in [4.78, 5) is 8.13. The van der Waals surface area contributed by atoms with Crippen molar-refractivity contribution in [2.24, 2.45) is 0 Å². The number of aromatic nitrogens is 4. The number of benzene rings is 1. The minimum Gasteiger partial charge on any atom is -0.338 e. The second-order valence-corrected chi connectivity index (χ2v) is 5.08. The van der Waals surface area contributed by atoms with Crippen LogP contribution in [0, 0.1) is 0 Å². The molecule has 0 atom stereocenters. The summed E-state index contributed by atoms with van der Waals surface area (Å²) in [5.74, 6) is 0.728. The summed E-state index contributed by atoms with van der Waals surface area (Å²) in [6.45, 7) is 0.746. The van der Waals surface area contributed by atoms with E-state index in [1.165, 1.54) is 11.9 Å². The quantitative estimate of drug-likeness (QED) is 0.746. The van der Waals surface area contributed by atoms with Gasteiger partial charge in [0.05, 0.1) is 18.4 Å². The fraction of sp³-hybridized carbons (Fsp3) is 0.0714. The van der Waals surface area contributed by atoms with Gasteiger partial charge in [0.2, 0.25) is 0 Å². The summed E-state index contributed by atoms with van der Waals surface area (Å²) in [6.07, 6.45) is 5.22. The molecule has 2 aromatic heterocycles. The van der Waals surface area contributed by atoms with E-state index in [9.17, 15) is 0 Å². The summed E-state index contributed by atoms with van der Waals surface area (Å²) in [5, 5.41) is 7.52. The van der Waals surface area contributed by atoms with Gasteiger partial charge in [0.1, 0.15) is 16.7 Å². The third-order valence-electron chi connectivity index (χ3n) is 2.73. The van der Waals surface area contributed by atoms with Crippen LogP contribution in [0.4, 0.5) is 11.5 Å². The molecule has 1 N–H and O–H groups in total. The summed E-state index contributed by atoms with van der Waals surface area (Å²) in [7, 11) is 0. The zero-order valence-corrected chi connectivity index (χ0v) is 12.2. The molecule has 0 fully saturated rings. The van der Waals surface area contributed by atoms with E-state index in [0.717, 1.165) is 22.7 Å². The molecule has 20 heavy (non-hydrogen) atoms. The number of anilines is 2. The van der Waals surface area contributed by atoms with Gasteiger partial charge in [0, 0.05) is 12.3 Å². The van der Waals surface area contributed by atoms with E-state index in [0.29, 0.717) is 0 Å². The van der Waals surface area contributed by atoms with E-state index < -0.39 is 0 Å². The Morgan fingerprint density at radius 1 is 1.15 bits per heavy atom. The number of nitrogens with zero attached hydrogens (tertiary/aromatic N) is 4. The van der Waals surface area contributed by atoms with Crippen molar-refractivity contribution >= 4 is 27.4 Å². The molecule has 0 unspecified atom stereocenters. The molecule has 0 bridgehead atoms. The molecular weight excluding hydrogens is 318 g/mol. The minimum atomic E-state index is 0.728. The van der Waals surface area contributed by atoms with Crippen molar-refractivity contribution in [3.63, 3.8) is 0 Å². The van der Waals surface area contributed by atoms with Crippen LogP contribution >= 0.6 is 15.9 Å². The van der Waals surface area contributed by atoms with E-state index >= 15 is 0 Å². The van der Waals surface area contributed by atoms with Gasteiger partial charge in [-0.05, 0) is 21.5 Å². The predicted molar refractivity (Wildman–Crippen MR) is 80.8 cm³/mol. The van der Waals surface area contributed by atoms with Gasteiger partial charge in [-0.15, -0.1) is 0 Å². The van der Waals surface area contributed by atoms with Crippen molar-refractivity contribution in [3.8, 4) is 0 Å². The standard InChI is InChI=1S/C14H12BrN5/c15-13-6-14(17-10-16-13)19-12-7-18-20(9-12)8-11-4-2-1-3-5-11/h1-7,9-10H,8H2,(H,16,17,19). The molecule has 0 saturated carbocycles. The second kappa shape index (κ2) is 5.83. The minimum absolute atomic E-state index is 0.728. The number of halogens is 1. The zero-order chi connectivity index (χ0) is 13.8. The molecule has 5 nitrogen and oxygen atoms in total. The lowest BCUT2D eigenvalue weighted by molar-refractivity contribution is 0.687. The third kappa shape index (κ3) is 3.21. The van der Waals surface area contributed by atoms with Crippen LogP contribution in [0.5, 0.6) is 0 Å². The molecule has 0 aliphatic carbocycles. The highest BCUT2D eigenvalue weighted by Gasteiger charge is 2.01. The monoisotopic (exact) mass is 329 g/mol. The molecule has 1 aromatic carbocycles. The van der Waals surface area contributed by atoms with Crippen LogP contribution in [-0.2, 0) is 6.54 Å². The Kier molecular flexibility index (Phi) is 3.73. The molecular formula is C14H12BrN5. The highest BCUT2D eigenvalue weighted by Crippen LogP contribution is 2.16. The van der Waals surface area contributed by atoms with Crippen LogP contribution in [0.3, 0.4) is 0 Å². The maximum atomic E-state index is 4.33. The lowest BCUT2D eigenvalue weighted by Gasteiger charge is -2.02. The first kappa shape index (κ1) is 12.8. The van der Waals surface area contributed by atoms with Crippen LogP contribution in [-0.4, -0.2) is 19.7 Å². The highest BCUT2D eigenvalue weighted by molar-refractivity contribution is 9.10. The van der Waals surface area contributed by atoms with Crippen molar-refractivity contribution < 1.29 is 0 Å². The maximum Gasteiger partial charge on any atom is 0.134 e. The fourth-order valence-electron chi connectivity index (χ4n) is 1.83. The van der Waals surface area contributed by atoms with Gasteiger partial charge < -0.3 is 5.32 Å². The van der Waals surface area contributed by atoms with E-state index in [1.807, 2.05) is 35.1 Å². The number of rotatable bonds is 4. The first-order valence-electron chi connectivity index (χ1n) is 6.10. The lowest BCUT2D eigenvalue weighted by atomic mass is 10.2. The SMILES string of the molecule is Brc1cc(Nc2cnn(Cc3ccccc3)c2)ncn1. The first-order chi connectivity index (χ1) is 9.79. The predicted octanol–water partition coefficient (Wildman–Crippen LogP) is 3.23. The van der Waals surface area contributed by atoms with Gasteiger partial charge >= 0.3 is 0 Å². The normalized spacial score (nSPS) is 10.4. The average Bonchev–Trinajstić information content (AvgIpc) is 2.87. The molecule has 3 rings (SSSR count). The van der Waals surface area contributed by atoms with Gasteiger partial charge in [-0.2, -0.15) is 5.10 Å². The van der Waals surface area contributed by atoms with Crippen molar-refractivity contribution in [3.05, 3.63) is 65.3 Å². The van der Waals surface area contributed by atoms with Crippen LogP contribution in [0.15, 0.2) is 59.7 Å². The molecule has 0 aliphatic rings. The van der Waals surface area contributed by atoms with Crippen molar-refractivity contribution in [2.45, 2.75) is 6.54 Å². The molecule has 3 aromatic rings. The number of nitrogens with one attached hydrogen (secondary N) is 1. The van der Waals surface area contributed by atoms with Crippen LogP contribution in [0.2, 0.25) is 0 Å². The van der Waals surface area contributed by atoms with Crippen molar-refractivity contribution in [1.82, 2.24) is 19.7 Å². The first-order valence-corrected chi connectivity index (χ1v) is 6.90. The Morgan fingerprint density at radius 3 is 2.80 bits per heavy atom. The molecule has 0 amide bonds. The highest BCUT2D eigenvalue weighted by atomic mass is 79.9. The summed E-state index contributed by atoms with van der Waals surface area (Å²) in [5.41, 5.74) is 2.11. The van der Waals surface area contributed by atoms with Crippen molar-refractivity contribution in [1.29, 1.82) is 0 Å². The lowest BCUT2D eigenvalue weighted by Crippen LogP contribution is -1.99. The maximum absolute atomic E-state index is 4.33. The van der Waals surface area contributed by atoms with Gasteiger partial charge in [0.25, 0.3) is 0 Å². The second-order valence-electron chi connectivity index (χ2n) is 4.26. The largest absolute Gasteiger partial charge is 0.338 e. The topological polar surface area (TPSA) is 55.6 Å². The molecule has 6 heteroatoms. The van der Waals surface area contributed by atoms with Crippen molar-refractivity contribution in [2.75, 3.05) is 5.32 Å². The van der Waals surface area contributed by atoms with Gasteiger partial charge in [0.15, 0.2) is 0 Å². The summed E-state index contributed by atoms with van der Waals surface area (Å²) >= 11 is 3.31. The third-order valence-corrected chi connectivity index (χ3v) is 3.16. The van der Waals surface area contributed by atoms with Gasteiger partial charge in [-0.1, -0.05) is 30.3 Å². The molecule has 0 radical (unpaired) electrons. The Balaban J connectivity index is 1.71. The van der Waals surface area contributed by atoms with E-state index in [4.69, 9.17) is 0 Å². The zero-order valence-electron chi connectivity index (χ0n) is 10.6. The Hall–Kier alpha value is -2.21. The number of hydrogen-bond acceptors (Lipinski definition) is 4. The molecule has 0 saturated heterocycles. The fourth-order valence-corrected chi connectivity index (χ4v) is 2.14. The van der Waals surface area contributed by atoms with E-state index in [2.05, 4.69) is 48.4 Å². The average molecular weight is 330 g/mol. The molecule has 2 heterocycles. The van der Waals surface area contributed by atoms with E-state index in [1.54, 1.807) is 6.20 Å². The Morgan fingerprint density at radius 2 is 2.00 bits per heavy atom. The molecule has 100 valence electrons. The summed E-state index contributed by atoms with van der Waals surface area (Å²) in [6, 6.07) is 12.0. The Bertz CT molecular complexity index is 696. The smallest absolute Gasteiger partial charge is 0.134 e. The number of hydrogen-bond donors (Lipinski definition) is 1. The van der Waals surface area contributed by atoms with Gasteiger partial charge in [-0.25, -0.2) is 9.97 Å². The van der Waals surface area contributed by atoms with Crippen LogP contribution < -0.4 is 5.32 Å². The summed E-state index contributed by atoms with van der Waals surface area (Å²) < 4.78 is 2.63. The Labute approximate surface area is 124 Å². The van der Waals surface area contributed by atoms with E-state index in [-0.39, 0.29) is 0 Å². The molecule has 0 spiro atoms. The van der Waals surface area contributed by atoms with Gasteiger partial charge in [-0.3, -0.25) is 4.68 Å². The molecule has 0 aliphatic heterocycles. The van der Waals surface area contributed by atoms with Crippen LogP contribution in [0.25, 0.3) is 0 Å². The van der Waals surface area contributed by atoms with Crippen LogP contribution in [0.1, 0.15) is 5.56 Å².